The first-order valence-corrected chi connectivity index (χ1v) is 5.96. The molecule has 0 saturated carbocycles. The highest BCUT2D eigenvalue weighted by atomic mass is 15.3. The Morgan fingerprint density at radius 2 is 1.88 bits per heavy atom. The van der Waals surface area contributed by atoms with E-state index >= 15 is 0 Å². The number of hydrogen-bond acceptors (Lipinski definition) is 2. The van der Waals surface area contributed by atoms with Crippen LogP contribution in [0.4, 0.5) is 5.69 Å². The summed E-state index contributed by atoms with van der Waals surface area (Å²) in [5.74, 6) is 0. The third kappa shape index (κ3) is 2.67. The number of nitrogens with one attached hydrogen (secondary N) is 1. The molecule has 0 fully saturated rings. The summed E-state index contributed by atoms with van der Waals surface area (Å²) >= 11 is 0. The predicted molar refractivity (Wildman–Crippen MR) is 71.3 cm³/mol. The van der Waals surface area contributed by atoms with E-state index < -0.39 is 0 Å². The summed E-state index contributed by atoms with van der Waals surface area (Å²) in [6.07, 6.45) is 1.01. The summed E-state index contributed by atoms with van der Waals surface area (Å²) in [6.45, 7) is 5.14. The van der Waals surface area contributed by atoms with Gasteiger partial charge < -0.3 is 5.32 Å². The van der Waals surface area contributed by atoms with E-state index in [2.05, 4.69) is 36.4 Å². The van der Waals surface area contributed by atoms with E-state index in [0.717, 1.165) is 18.7 Å². The molecule has 0 aliphatic heterocycles. The van der Waals surface area contributed by atoms with Crippen molar-refractivity contribution in [3.8, 4) is 0 Å². The molecule has 1 N–H and O–H groups in total. The highest BCUT2D eigenvalue weighted by Gasteiger charge is 2.08. The second-order valence-electron chi connectivity index (χ2n) is 4.32. The molecule has 3 nitrogen and oxygen atoms in total. The van der Waals surface area contributed by atoms with Crippen molar-refractivity contribution in [1.29, 1.82) is 0 Å². The van der Waals surface area contributed by atoms with Crippen molar-refractivity contribution in [2.75, 3.05) is 11.9 Å². The summed E-state index contributed by atoms with van der Waals surface area (Å²) in [6, 6.07) is 10.3. The van der Waals surface area contributed by atoms with Gasteiger partial charge >= 0.3 is 0 Å². The average molecular weight is 229 g/mol. The van der Waals surface area contributed by atoms with Gasteiger partial charge in [0.25, 0.3) is 0 Å². The number of aromatic nitrogens is 2. The first-order chi connectivity index (χ1) is 8.18. The SMILES string of the molecule is Cc1nn(C)c(C)c1CCNc1ccccc1. The van der Waals surface area contributed by atoms with E-state index in [1.807, 2.05) is 29.9 Å². The quantitative estimate of drug-likeness (QED) is 0.873. The van der Waals surface area contributed by atoms with Gasteiger partial charge in [0.1, 0.15) is 0 Å². The molecule has 2 rings (SSSR count). The third-order valence-corrected chi connectivity index (χ3v) is 3.14. The van der Waals surface area contributed by atoms with E-state index in [1.54, 1.807) is 0 Å². The Morgan fingerprint density at radius 3 is 2.47 bits per heavy atom. The number of hydrogen-bond donors (Lipinski definition) is 1. The monoisotopic (exact) mass is 229 g/mol. The van der Waals surface area contributed by atoms with E-state index in [-0.39, 0.29) is 0 Å². The van der Waals surface area contributed by atoms with Gasteiger partial charge in [-0.05, 0) is 38.0 Å². The first-order valence-electron chi connectivity index (χ1n) is 5.96. The molecule has 90 valence electrons. The minimum Gasteiger partial charge on any atom is -0.385 e. The summed E-state index contributed by atoms with van der Waals surface area (Å²) in [7, 11) is 2.00. The Hall–Kier alpha value is -1.77. The molecule has 0 bridgehead atoms. The van der Waals surface area contributed by atoms with Gasteiger partial charge in [0.15, 0.2) is 0 Å². The smallest absolute Gasteiger partial charge is 0.0629 e. The van der Waals surface area contributed by atoms with Crippen LogP contribution in [-0.2, 0) is 13.5 Å². The second kappa shape index (κ2) is 5.04. The molecule has 0 saturated heterocycles. The van der Waals surface area contributed by atoms with Crippen LogP contribution in [0.3, 0.4) is 0 Å². The van der Waals surface area contributed by atoms with Crippen LogP contribution in [0.25, 0.3) is 0 Å². The van der Waals surface area contributed by atoms with Gasteiger partial charge in [-0.1, -0.05) is 18.2 Å². The zero-order valence-electron chi connectivity index (χ0n) is 10.7. The first kappa shape index (κ1) is 11.7. The summed E-state index contributed by atoms with van der Waals surface area (Å²) in [4.78, 5) is 0. The van der Waals surface area contributed by atoms with Crippen molar-refractivity contribution in [3.05, 3.63) is 47.3 Å². The Kier molecular flexibility index (Phi) is 3.47. The number of nitrogens with zero attached hydrogens (tertiary/aromatic N) is 2. The molecular formula is C14H19N3. The predicted octanol–water partition coefficient (Wildman–Crippen LogP) is 2.69. The Labute approximate surface area is 102 Å². The normalized spacial score (nSPS) is 10.5. The standard InChI is InChI=1S/C14H19N3/c1-11-14(12(2)17(3)16-11)9-10-15-13-7-5-4-6-8-13/h4-8,15H,9-10H2,1-3H3. The van der Waals surface area contributed by atoms with Crippen LogP contribution in [0.5, 0.6) is 0 Å². The van der Waals surface area contributed by atoms with Gasteiger partial charge in [-0.25, -0.2) is 0 Å². The van der Waals surface area contributed by atoms with Gasteiger partial charge in [0.05, 0.1) is 5.69 Å². The molecule has 1 aromatic heterocycles. The molecule has 0 aliphatic carbocycles. The Bertz CT molecular complexity index is 486. The van der Waals surface area contributed by atoms with Gasteiger partial charge in [-0.2, -0.15) is 5.10 Å². The van der Waals surface area contributed by atoms with E-state index in [1.165, 1.54) is 16.9 Å². The highest BCUT2D eigenvalue weighted by molar-refractivity contribution is 5.42. The Balaban J connectivity index is 1.95. The lowest BCUT2D eigenvalue weighted by Gasteiger charge is -2.06. The van der Waals surface area contributed by atoms with Crippen LogP contribution >= 0.6 is 0 Å². The zero-order chi connectivity index (χ0) is 12.3. The summed E-state index contributed by atoms with van der Waals surface area (Å²) in [5.41, 5.74) is 4.93. The van der Waals surface area contributed by atoms with Crippen LogP contribution < -0.4 is 5.32 Å². The molecule has 17 heavy (non-hydrogen) atoms. The molecule has 0 spiro atoms. The van der Waals surface area contributed by atoms with Crippen LogP contribution in [0.1, 0.15) is 17.0 Å². The molecule has 3 heteroatoms. The molecule has 0 atom stereocenters. The molecule has 0 radical (unpaired) electrons. The maximum atomic E-state index is 4.43. The maximum Gasteiger partial charge on any atom is 0.0629 e. The minimum atomic E-state index is 0.942. The summed E-state index contributed by atoms with van der Waals surface area (Å²) in [5, 5.41) is 7.84. The largest absolute Gasteiger partial charge is 0.385 e. The van der Waals surface area contributed by atoms with Crippen molar-refractivity contribution >= 4 is 5.69 Å². The number of aryl methyl sites for hydroxylation is 2. The molecule has 0 amide bonds. The van der Waals surface area contributed by atoms with Crippen molar-refractivity contribution in [2.24, 2.45) is 7.05 Å². The number of anilines is 1. The number of benzene rings is 1. The lowest BCUT2D eigenvalue weighted by atomic mass is 10.1. The molecule has 0 aliphatic rings. The van der Waals surface area contributed by atoms with Crippen molar-refractivity contribution in [2.45, 2.75) is 20.3 Å². The van der Waals surface area contributed by atoms with Crippen LogP contribution in [-0.4, -0.2) is 16.3 Å². The van der Waals surface area contributed by atoms with Crippen molar-refractivity contribution in [1.82, 2.24) is 9.78 Å². The fourth-order valence-corrected chi connectivity index (χ4v) is 2.07. The lowest BCUT2D eigenvalue weighted by molar-refractivity contribution is 0.730. The number of para-hydroxylation sites is 1. The number of rotatable bonds is 4. The van der Waals surface area contributed by atoms with Crippen LogP contribution in [0, 0.1) is 13.8 Å². The van der Waals surface area contributed by atoms with E-state index in [0.29, 0.717) is 0 Å². The van der Waals surface area contributed by atoms with Gasteiger partial charge in [-0.3, -0.25) is 4.68 Å². The molecular weight excluding hydrogens is 210 g/mol. The summed E-state index contributed by atoms with van der Waals surface area (Å²) < 4.78 is 1.95. The average Bonchev–Trinajstić information content (AvgIpc) is 2.57. The topological polar surface area (TPSA) is 29.9 Å². The third-order valence-electron chi connectivity index (χ3n) is 3.14. The lowest BCUT2D eigenvalue weighted by Crippen LogP contribution is -2.06. The van der Waals surface area contributed by atoms with Crippen LogP contribution in [0.15, 0.2) is 30.3 Å². The zero-order valence-corrected chi connectivity index (χ0v) is 10.7. The van der Waals surface area contributed by atoms with Gasteiger partial charge in [-0.15, -0.1) is 0 Å². The fraction of sp³-hybridized carbons (Fsp3) is 0.357. The molecule has 1 aromatic carbocycles. The molecule has 2 aromatic rings. The highest BCUT2D eigenvalue weighted by Crippen LogP contribution is 2.13. The fourth-order valence-electron chi connectivity index (χ4n) is 2.07. The Morgan fingerprint density at radius 1 is 1.18 bits per heavy atom. The molecule has 1 heterocycles. The minimum absolute atomic E-state index is 0.942. The van der Waals surface area contributed by atoms with Gasteiger partial charge in [0, 0.05) is 25.0 Å². The van der Waals surface area contributed by atoms with Crippen molar-refractivity contribution in [3.63, 3.8) is 0 Å². The van der Waals surface area contributed by atoms with Crippen molar-refractivity contribution < 1.29 is 0 Å². The molecule has 0 unspecified atom stereocenters. The van der Waals surface area contributed by atoms with Gasteiger partial charge in [0.2, 0.25) is 0 Å². The van der Waals surface area contributed by atoms with E-state index in [4.69, 9.17) is 0 Å². The maximum absolute atomic E-state index is 4.43. The van der Waals surface area contributed by atoms with Crippen LogP contribution in [0.2, 0.25) is 0 Å². The second-order valence-corrected chi connectivity index (χ2v) is 4.32. The van der Waals surface area contributed by atoms with E-state index in [9.17, 15) is 0 Å².